The van der Waals surface area contributed by atoms with Crippen LogP contribution in [0.5, 0.6) is 17.2 Å². The summed E-state index contributed by atoms with van der Waals surface area (Å²) in [6.45, 7) is -0.941. The molecule has 3 rings (SSSR count). The van der Waals surface area contributed by atoms with Crippen molar-refractivity contribution in [2.24, 2.45) is 0 Å². The second-order valence-corrected chi connectivity index (χ2v) is 6.65. The van der Waals surface area contributed by atoms with E-state index < -0.39 is 6.61 Å². The number of methoxy groups -OCH3 is 2. The first-order chi connectivity index (χ1) is 12.5. The molecule has 0 spiro atoms. The predicted octanol–water partition coefficient (Wildman–Crippen LogP) is 4.43. The van der Waals surface area contributed by atoms with Crippen LogP contribution in [0.1, 0.15) is 17.9 Å². The van der Waals surface area contributed by atoms with Gasteiger partial charge in [-0.25, -0.2) is 4.98 Å². The highest BCUT2D eigenvalue weighted by Gasteiger charge is 2.16. The molecular formula is C17H17F2N3O3S. The molecule has 2 aromatic heterocycles. The Labute approximate surface area is 152 Å². The summed E-state index contributed by atoms with van der Waals surface area (Å²) in [5.41, 5.74) is 2.01. The van der Waals surface area contributed by atoms with Crippen LogP contribution in [0.15, 0.2) is 35.6 Å². The Morgan fingerprint density at radius 3 is 2.62 bits per heavy atom. The van der Waals surface area contributed by atoms with Gasteiger partial charge >= 0.3 is 6.61 Å². The van der Waals surface area contributed by atoms with Crippen LogP contribution in [0.2, 0.25) is 0 Å². The molecule has 1 atom stereocenters. The molecule has 1 aromatic carbocycles. The van der Waals surface area contributed by atoms with E-state index in [1.165, 1.54) is 24.9 Å². The number of pyridine rings is 1. The summed E-state index contributed by atoms with van der Waals surface area (Å²) in [7, 11) is 2.99. The lowest BCUT2D eigenvalue weighted by molar-refractivity contribution is -0.0511. The number of benzene rings is 1. The van der Waals surface area contributed by atoms with E-state index in [-0.39, 0.29) is 16.7 Å². The standard InChI is InChI=1S/C17H17F2N3O3S/c1-9(11-6-10(23-2)4-5-20-11)26-17-21-12-7-14(24-3)15(25-16(18)19)8-13(12)22-17/h4-9,16H,1-3H3,(H,21,22). The SMILES string of the molecule is COc1ccnc(C(C)Sc2nc3cc(OC)c(OC(F)F)cc3[nH]2)c1. The number of aromatic nitrogens is 3. The number of nitrogens with one attached hydrogen (secondary N) is 1. The van der Waals surface area contributed by atoms with Crippen LogP contribution in [0, 0.1) is 0 Å². The molecule has 0 fully saturated rings. The van der Waals surface area contributed by atoms with Crippen molar-refractivity contribution >= 4 is 22.8 Å². The molecule has 0 saturated carbocycles. The first-order valence-electron chi connectivity index (χ1n) is 7.69. The summed E-state index contributed by atoms with van der Waals surface area (Å²) in [4.78, 5) is 11.9. The van der Waals surface area contributed by atoms with Crippen LogP contribution in [-0.4, -0.2) is 35.8 Å². The molecule has 0 amide bonds. The average molecular weight is 381 g/mol. The summed E-state index contributed by atoms with van der Waals surface area (Å²) in [6, 6.07) is 6.64. The lowest BCUT2D eigenvalue weighted by atomic mass is 10.3. The molecule has 9 heteroatoms. The van der Waals surface area contributed by atoms with Crippen molar-refractivity contribution in [1.82, 2.24) is 15.0 Å². The monoisotopic (exact) mass is 381 g/mol. The third kappa shape index (κ3) is 3.98. The number of H-pyrrole nitrogens is 1. The van der Waals surface area contributed by atoms with Crippen molar-refractivity contribution < 1.29 is 23.0 Å². The summed E-state index contributed by atoms with van der Waals surface area (Å²) >= 11 is 1.46. The van der Waals surface area contributed by atoms with Crippen molar-refractivity contribution in [2.45, 2.75) is 23.9 Å². The number of hydrogen-bond acceptors (Lipinski definition) is 6. The van der Waals surface area contributed by atoms with Crippen molar-refractivity contribution in [3.05, 3.63) is 36.2 Å². The first kappa shape index (κ1) is 18.2. The van der Waals surface area contributed by atoms with Gasteiger partial charge in [-0.3, -0.25) is 4.98 Å². The second kappa shape index (κ2) is 7.77. The summed E-state index contributed by atoms with van der Waals surface area (Å²) in [6.07, 6.45) is 1.68. The van der Waals surface area contributed by atoms with E-state index in [0.717, 1.165) is 11.4 Å². The fourth-order valence-electron chi connectivity index (χ4n) is 2.40. The highest BCUT2D eigenvalue weighted by Crippen LogP contribution is 2.37. The van der Waals surface area contributed by atoms with Gasteiger partial charge in [-0.05, 0) is 13.0 Å². The van der Waals surface area contributed by atoms with Crippen LogP contribution in [0.4, 0.5) is 8.78 Å². The van der Waals surface area contributed by atoms with E-state index >= 15 is 0 Å². The Balaban J connectivity index is 1.86. The number of alkyl halides is 2. The zero-order chi connectivity index (χ0) is 18.7. The maximum atomic E-state index is 12.5. The molecule has 2 heterocycles. The molecule has 1 unspecified atom stereocenters. The normalized spacial score (nSPS) is 12.4. The van der Waals surface area contributed by atoms with Crippen LogP contribution in [0.3, 0.4) is 0 Å². The minimum absolute atomic E-state index is 0.00402. The molecule has 6 nitrogen and oxygen atoms in total. The number of rotatable bonds is 7. The number of ether oxygens (including phenoxy) is 3. The third-order valence-electron chi connectivity index (χ3n) is 3.65. The number of aromatic amines is 1. The summed E-state index contributed by atoms with van der Waals surface area (Å²) in [5, 5.41) is 0.637. The van der Waals surface area contributed by atoms with Crippen molar-refractivity contribution in [3.8, 4) is 17.2 Å². The molecule has 138 valence electrons. The Kier molecular flexibility index (Phi) is 5.46. The van der Waals surface area contributed by atoms with Gasteiger partial charge in [0.05, 0.1) is 36.2 Å². The molecule has 0 bridgehead atoms. The van der Waals surface area contributed by atoms with E-state index in [4.69, 9.17) is 9.47 Å². The number of hydrogen-bond donors (Lipinski definition) is 1. The number of nitrogens with zero attached hydrogens (tertiary/aromatic N) is 2. The maximum Gasteiger partial charge on any atom is 0.387 e. The largest absolute Gasteiger partial charge is 0.497 e. The Bertz CT molecular complexity index is 904. The number of thioether (sulfide) groups is 1. The van der Waals surface area contributed by atoms with Crippen molar-refractivity contribution in [2.75, 3.05) is 14.2 Å². The van der Waals surface area contributed by atoms with Crippen LogP contribution >= 0.6 is 11.8 Å². The van der Waals surface area contributed by atoms with E-state index in [9.17, 15) is 8.78 Å². The molecule has 0 radical (unpaired) electrons. The summed E-state index contributed by atoms with van der Waals surface area (Å²) < 4.78 is 39.9. The van der Waals surface area contributed by atoms with E-state index in [0.29, 0.717) is 16.2 Å². The third-order valence-corrected chi connectivity index (χ3v) is 4.67. The van der Waals surface area contributed by atoms with Crippen LogP contribution in [-0.2, 0) is 0 Å². The predicted molar refractivity (Wildman–Crippen MR) is 94.3 cm³/mol. The van der Waals surface area contributed by atoms with Gasteiger partial charge in [0.2, 0.25) is 0 Å². The van der Waals surface area contributed by atoms with Crippen molar-refractivity contribution in [1.29, 1.82) is 0 Å². The maximum absolute atomic E-state index is 12.5. The highest BCUT2D eigenvalue weighted by atomic mass is 32.2. The zero-order valence-corrected chi connectivity index (χ0v) is 15.1. The topological polar surface area (TPSA) is 69.3 Å². The Hall–Kier alpha value is -2.55. The Morgan fingerprint density at radius 1 is 1.12 bits per heavy atom. The molecular weight excluding hydrogens is 364 g/mol. The van der Waals surface area contributed by atoms with Gasteiger partial charge in [0.1, 0.15) is 5.75 Å². The van der Waals surface area contributed by atoms with E-state index in [1.54, 1.807) is 25.4 Å². The molecule has 0 aliphatic carbocycles. The van der Waals surface area contributed by atoms with Gasteiger partial charge in [-0.15, -0.1) is 0 Å². The van der Waals surface area contributed by atoms with E-state index in [1.807, 2.05) is 13.0 Å². The highest BCUT2D eigenvalue weighted by molar-refractivity contribution is 7.99. The number of fused-ring (bicyclic) bond motifs is 1. The zero-order valence-electron chi connectivity index (χ0n) is 14.3. The second-order valence-electron chi connectivity index (χ2n) is 5.32. The molecule has 0 saturated heterocycles. The van der Waals surface area contributed by atoms with E-state index in [2.05, 4.69) is 19.7 Å². The van der Waals surface area contributed by atoms with Gasteiger partial charge in [-0.1, -0.05) is 11.8 Å². The number of imidazole rings is 1. The first-order valence-corrected chi connectivity index (χ1v) is 8.57. The van der Waals surface area contributed by atoms with Crippen LogP contribution in [0.25, 0.3) is 11.0 Å². The minimum atomic E-state index is -2.93. The molecule has 1 N–H and O–H groups in total. The van der Waals surface area contributed by atoms with Gasteiger partial charge in [-0.2, -0.15) is 8.78 Å². The average Bonchev–Trinajstić information content (AvgIpc) is 3.01. The number of halogens is 2. The van der Waals surface area contributed by atoms with Gasteiger partial charge in [0, 0.05) is 24.4 Å². The Morgan fingerprint density at radius 2 is 1.92 bits per heavy atom. The summed E-state index contributed by atoms with van der Waals surface area (Å²) in [5.74, 6) is 0.881. The molecule has 3 aromatic rings. The lowest BCUT2D eigenvalue weighted by Gasteiger charge is -2.09. The van der Waals surface area contributed by atoms with Gasteiger partial charge in [0.15, 0.2) is 16.7 Å². The van der Waals surface area contributed by atoms with Crippen LogP contribution < -0.4 is 14.2 Å². The molecule has 0 aliphatic heterocycles. The van der Waals surface area contributed by atoms with Gasteiger partial charge < -0.3 is 19.2 Å². The fraction of sp³-hybridized carbons (Fsp3) is 0.294. The molecule has 26 heavy (non-hydrogen) atoms. The van der Waals surface area contributed by atoms with Crippen molar-refractivity contribution in [3.63, 3.8) is 0 Å². The fourth-order valence-corrected chi connectivity index (χ4v) is 3.31. The smallest absolute Gasteiger partial charge is 0.387 e. The lowest BCUT2D eigenvalue weighted by Crippen LogP contribution is -2.03. The molecule has 0 aliphatic rings. The quantitative estimate of drug-likeness (QED) is 0.611. The van der Waals surface area contributed by atoms with Gasteiger partial charge in [0.25, 0.3) is 0 Å². The minimum Gasteiger partial charge on any atom is -0.497 e.